The second kappa shape index (κ2) is 11.0. The summed E-state index contributed by atoms with van der Waals surface area (Å²) in [5.41, 5.74) is 4.83. The van der Waals surface area contributed by atoms with Gasteiger partial charge in [0.15, 0.2) is 0 Å². The predicted octanol–water partition coefficient (Wildman–Crippen LogP) is 3.79. The van der Waals surface area contributed by atoms with Gasteiger partial charge in [-0.25, -0.2) is 14.3 Å². The van der Waals surface area contributed by atoms with E-state index in [1.54, 1.807) is 22.5 Å². The number of aryl methyl sites for hydroxylation is 1. The number of methoxy groups -OCH3 is 1. The first-order chi connectivity index (χ1) is 18.4. The fraction of sp³-hybridized carbons (Fsp3) is 0.407. The molecule has 5 heterocycles. The summed E-state index contributed by atoms with van der Waals surface area (Å²) in [4.78, 5) is 23.2. The number of hydrogen-bond donors (Lipinski definition) is 0. The lowest BCUT2D eigenvalue weighted by Crippen LogP contribution is -2.52. The minimum atomic E-state index is 0.0900. The van der Waals surface area contributed by atoms with Crippen LogP contribution < -0.4 is 0 Å². The molecule has 0 unspecified atom stereocenters. The van der Waals surface area contributed by atoms with Gasteiger partial charge in [-0.1, -0.05) is 17.7 Å². The topological polar surface area (TPSA) is 83.5 Å². The molecule has 1 atom stereocenters. The van der Waals surface area contributed by atoms with Gasteiger partial charge in [0.05, 0.1) is 29.0 Å². The number of nitrogens with zero attached hydrogens (tertiary/aromatic N) is 8. The molecule has 0 aliphatic carbocycles. The molecule has 0 spiro atoms. The molecule has 0 aromatic carbocycles. The van der Waals surface area contributed by atoms with E-state index in [9.17, 15) is 4.79 Å². The molecule has 3 aromatic rings. The minimum Gasteiger partial charge on any atom is -0.380 e. The summed E-state index contributed by atoms with van der Waals surface area (Å²) in [5.74, 6) is 0.774. The van der Waals surface area contributed by atoms with Gasteiger partial charge in [-0.15, -0.1) is 0 Å². The molecule has 0 radical (unpaired) electrons. The molecule has 2 saturated heterocycles. The van der Waals surface area contributed by atoms with Crippen LogP contribution in [-0.2, 0) is 11.8 Å². The van der Waals surface area contributed by atoms with Gasteiger partial charge < -0.3 is 19.4 Å². The molecule has 11 heteroatoms. The highest BCUT2D eigenvalue weighted by Gasteiger charge is 2.31. The molecule has 5 rings (SSSR count). The van der Waals surface area contributed by atoms with Gasteiger partial charge in [0.25, 0.3) is 0 Å². The Bertz CT molecular complexity index is 1400. The van der Waals surface area contributed by atoms with Crippen LogP contribution in [0.1, 0.15) is 18.9 Å². The fourth-order valence-electron chi connectivity index (χ4n) is 5.08. The van der Waals surface area contributed by atoms with Gasteiger partial charge in [0.1, 0.15) is 5.82 Å². The third-order valence-corrected chi connectivity index (χ3v) is 7.57. The number of pyridine rings is 1. The minimum absolute atomic E-state index is 0.0900. The lowest BCUT2D eigenvalue weighted by atomic mass is 10.0. The maximum atomic E-state index is 12.9. The lowest BCUT2D eigenvalue weighted by molar-refractivity contribution is 0.0998. The van der Waals surface area contributed by atoms with Gasteiger partial charge in [-0.3, -0.25) is 4.68 Å². The summed E-state index contributed by atoms with van der Waals surface area (Å²) in [5, 5.41) is 9.32. The number of hydrogen-bond acceptors (Lipinski definition) is 6. The Balaban J connectivity index is 1.33. The van der Waals surface area contributed by atoms with Crippen LogP contribution in [0, 0.1) is 0 Å². The van der Waals surface area contributed by atoms with E-state index in [1.807, 2.05) is 54.5 Å². The third kappa shape index (κ3) is 5.19. The second-order valence-electron chi connectivity index (χ2n) is 9.71. The quantitative estimate of drug-likeness (QED) is 0.353. The van der Waals surface area contributed by atoms with Gasteiger partial charge in [-0.2, -0.15) is 10.2 Å². The first-order valence-corrected chi connectivity index (χ1v) is 13.1. The molecule has 2 amide bonds. The third-order valence-electron chi connectivity index (χ3n) is 7.30. The summed E-state index contributed by atoms with van der Waals surface area (Å²) >= 11 is 6.52. The van der Waals surface area contributed by atoms with Gasteiger partial charge in [0, 0.05) is 82.5 Å². The number of amides is 2. The van der Waals surface area contributed by atoms with E-state index >= 15 is 0 Å². The standard InChI is InChI=1S/C27H33ClN8O2/c1-19(23-13-20(21-14-30-32(3)16-21)17-36-26(23)24(28)15-31-36)5-6-25(29-2)33-9-11-34(12-10-33)27(37)35-8-7-22(18-35)38-4/h5-6,13-17,22H,2,7-12,18H2,1,3-4H3/b19-5+,25-6+/t22-/m0/s1. The van der Waals surface area contributed by atoms with E-state index in [-0.39, 0.29) is 12.1 Å². The second-order valence-corrected chi connectivity index (χ2v) is 10.1. The van der Waals surface area contributed by atoms with Gasteiger partial charge >= 0.3 is 6.03 Å². The molecule has 0 N–H and O–H groups in total. The average molecular weight is 537 g/mol. The van der Waals surface area contributed by atoms with Crippen molar-refractivity contribution < 1.29 is 9.53 Å². The van der Waals surface area contributed by atoms with E-state index in [0.29, 0.717) is 37.7 Å². The number of likely N-dealkylation sites (tertiary alicyclic amines) is 1. The zero-order valence-corrected chi connectivity index (χ0v) is 22.8. The number of urea groups is 1. The molecule has 2 aliphatic rings. The van der Waals surface area contributed by atoms with Crippen molar-refractivity contribution in [3.63, 3.8) is 0 Å². The first kappa shape index (κ1) is 26.0. The normalized spacial score (nSPS) is 19.1. The molecule has 3 aromatic heterocycles. The molecule has 0 saturated carbocycles. The number of carbonyl (C=O) groups excluding carboxylic acids is 1. The summed E-state index contributed by atoms with van der Waals surface area (Å²) in [6, 6.07) is 2.20. The summed E-state index contributed by atoms with van der Waals surface area (Å²) < 4.78 is 8.99. The van der Waals surface area contributed by atoms with Gasteiger partial charge in [-0.05, 0) is 37.8 Å². The van der Waals surface area contributed by atoms with E-state index < -0.39 is 0 Å². The monoisotopic (exact) mass is 536 g/mol. The summed E-state index contributed by atoms with van der Waals surface area (Å²) in [7, 11) is 3.60. The summed E-state index contributed by atoms with van der Waals surface area (Å²) in [6.45, 7) is 9.92. The number of rotatable bonds is 6. The Kier molecular flexibility index (Phi) is 7.53. The Morgan fingerprint density at radius 2 is 1.84 bits per heavy atom. The average Bonchev–Trinajstić information content (AvgIpc) is 3.68. The number of aromatic nitrogens is 4. The maximum Gasteiger partial charge on any atom is 0.320 e. The molecule has 2 fully saturated rings. The van der Waals surface area contributed by atoms with Crippen LogP contribution in [0.15, 0.2) is 53.8 Å². The smallest absolute Gasteiger partial charge is 0.320 e. The Morgan fingerprint density at radius 3 is 2.50 bits per heavy atom. The van der Waals surface area contributed by atoms with Crippen molar-refractivity contribution in [2.75, 3.05) is 46.4 Å². The molecular weight excluding hydrogens is 504 g/mol. The van der Waals surface area contributed by atoms with Crippen LogP contribution in [0.5, 0.6) is 0 Å². The molecule has 0 bridgehead atoms. The van der Waals surface area contributed by atoms with Crippen LogP contribution in [0.3, 0.4) is 0 Å². The number of halogens is 1. The number of allylic oxidation sites excluding steroid dienone is 3. The fourth-order valence-corrected chi connectivity index (χ4v) is 5.31. The van der Waals surface area contributed by atoms with Crippen molar-refractivity contribution in [1.29, 1.82) is 0 Å². The number of fused-ring (bicyclic) bond motifs is 1. The Morgan fingerprint density at radius 1 is 1.08 bits per heavy atom. The molecule has 2 aliphatic heterocycles. The van der Waals surface area contributed by atoms with E-state index in [2.05, 4.69) is 32.9 Å². The number of carbonyl (C=O) groups is 1. The van der Waals surface area contributed by atoms with E-state index in [1.165, 1.54) is 0 Å². The van der Waals surface area contributed by atoms with Crippen LogP contribution >= 0.6 is 11.6 Å². The number of piperazine rings is 1. The van der Waals surface area contributed by atoms with Crippen LogP contribution in [0.25, 0.3) is 22.2 Å². The summed E-state index contributed by atoms with van der Waals surface area (Å²) in [6.07, 6.45) is 12.5. The van der Waals surface area contributed by atoms with Crippen molar-refractivity contribution in [2.45, 2.75) is 19.4 Å². The maximum absolute atomic E-state index is 12.9. The molecule has 38 heavy (non-hydrogen) atoms. The van der Waals surface area contributed by atoms with Crippen LogP contribution in [-0.4, -0.2) is 99.3 Å². The van der Waals surface area contributed by atoms with E-state index in [0.717, 1.165) is 46.6 Å². The van der Waals surface area contributed by atoms with Crippen molar-refractivity contribution in [1.82, 2.24) is 34.1 Å². The highest BCUT2D eigenvalue weighted by atomic mass is 35.5. The lowest BCUT2D eigenvalue weighted by Gasteiger charge is -2.37. The first-order valence-electron chi connectivity index (χ1n) is 12.7. The van der Waals surface area contributed by atoms with Crippen LogP contribution in [0.2, 0.25) is 5.02 Å². The Labute approximate surface area is 227 Å². The van der Waals surface area contributed by atoms with Crippen molar-refractivity contribution in [2.24, 2.45) is 12.0 Å². The molecule has 200 valence electrons. The largest absolute Gasteiger partial charge is 0.380 e. The number of ether oxygens (including phenoxy) is 1. The number of aliphatic imine (C=N–C) groups is 1. The SMILES string of the molecule is C=N/C(=C\C=C(/C)c1cc(-c2cnn(C)c2)cn2ncc(Cl)c12)N1CCN(C(=O)N2CC[C@H](OC)C2)CC1. The van der Waals surface area contributed by atoms with Crippen molar-refractivity contribution >= 4 is 35.4 Å². The van der Waals surface area contributed by atoms with Crippen LogP contribution in [0.4, 0.5) is 4.79 Å². The van der Waals surface area contributed by atoms with Gasteiger partial charge in [0.2, 0.25) is 0 Å². The van der Waals surface area contributed by atoms with Crippen molar-refractivity contribution in [3.05, 3.63) is 59.4 Å². The highest BCUT2D eigenvalue weighted by Crippen LogP contribution is 2.31. The molecule has 10 nitrogen and oxygen atoms in total. The van der Waals surface area contributed by atoms with E-state index in [4.69, 9.17) is 16.3 Å². The zero-order valence-electron chi connectivity index (χ0n) is 22.0. The molecular formula is C27H33ClN8O2. The Hall–Kier alpha value is -3.63. The highest BCUT2D eigenvalue weighted by molar-refractivity contribution is 6.34. The predicted molar refractivity (Wildman–Crippen MR) is 149 cm³/mol. The zero-order chi connectivity index (χ0) is 26.8. The van der Waals surface area contributed by atoms with Crippen molar-refractivity contribution in [3.8, 4) is 11.1 Å².